The van der Waals surface area contributed by atoms with E-state index in [0.29, 0.717) is 17.7 Å². The van der Waals surface area contributed by atoms with Crippen molar-refractivity contribution in [2.24, 2.45) is 0 Å². The number of ether oxygens (including phenoxy) is 1. The van der Waals surface area contributed by atoms with Crippen LogP contribution in [0.15, 0.2) is 41.3 Å². The number of likely N-dealkylation sites (N-methyl/N-ethyl adjacent to an activating group) is 1. The highest BCUT2D eigenvalue weighted by Crippen LogP contribution is 2.26. The molecule has 2 aromatic rings. The number of benzene rings is 2. The van der Waals surface area contributed by atoms with Crippen LogP contribution >= 0.6 is 0 Å². The number of para-hydroxylation sites is 1. The second kappa shape index (κ2) is 9.09. The molecule has 2 aromatic carbocycles. The lowest BCUT2D eigenvalue weighted by Crippen LogP contribution is -2.35. The van der Waals surface area contributed by atoms with Gasteiger partial charge in [0.25, 0.3) is 15.9 Å². The molecule has 0 fully saturated rings. The van der Waals surface area contributed by atoms with Gasteiger partial charge >= 0.3 is 5.97 Å². The molecule has 0 saturated heterocycles. The third-order valence-corrected chi connectivity index (χ3v) is 5.94. The molecule has 29 heavy (non-hydrogen) atoms. The van der Waals surface area contributed by atoms with E-state index >= 15 is 0 Å². The maximum atomic E-state index is 13.0. The minimum absolute atomic E-state index is 0.0228. The van der Waals surface area contributed by atoms with E-state index in [4.69, 9.17) is 4.74 Å². The number of nitrogens with one attached hydrogen (secondary N) is 2. The lowest BCUT2D eigenvalue weighted by molar-refractivity contribution is -0.128. The third-order valence-electron chi connectivity index (χ3n) is 4.27. The van der Waals surface area contributed by atoms with Gasteiger partial charge in [-0.05, 0) is 57.9 Å². The van der Waals surface area contributed by atoms with Gasteiger partial charge in [-0.2, -0.15) is 0 Å². The summed E-state index contributed by atoms with van der Waals surface area (Å²) in [6.07, 6.45) is -1.01. The van der Waals surface area contributed by atoms with Gasteiger partial charge in [0.15, 0.2) is 6.10 Å². The highest BCUT2D eigenvalue weighted by Gasteiger charge is 2.24. The maximum Gasteiger partial charge on any atom is 0.341 e. The largest absolute Gasteiger partial charge is 0.449 e. The van der Waals surface area contributed by atoms with Gasteiger partial charge < -0.3 is 10.1 Å². The van der Waals surface area contributed by atoms with Crippen molar-refractivity contribution in [2.75, 3.05) is 11.3 Å². The van der Waals surface area contributed by atoms with Gasteiger partial charge in [-0.3, -0.25) is 9.52 Å². The molecule has 0 bridgehead atoms. The normalized spacial score (nSPS) is 12.2. The molecule has 1 unspecified atom stereocenters. The summed E-state index contributed by atoms with van der Waals surface area (Å²) < 4.78 is 33.7. The van der Waals surface area contributed by atoms with Crippen molar-refractivity contribution in [1.82, 2.24) is 5.32 Å². The Bertz CT molecular complexity index is 1010. The molecule has 0 aliphatic heterocycles. The molecule has 1 atom stereocenters. The number of amides is 1. The van der Waals surface area contributed by atoms with Crippen LogP contribution in [0.1, 0.15) is 40.9 Å². The summed E-state index contributed by atoms with van der Waals surface area (Å²) in [7, 11) is -3.94. The fraction of sp³-hybridized carbons (Fsp3) is 0.333. The van der Waals surface area contributed by atoms with Crippen LogP contribution in [0.4, 0.5) is 5.69 Å². The molecule has 0 aliphatic rings. The minimum Gasteiger partial charge on any atom is -0.449 e. The topological polar surface area (TPSA) is 102 Å². The van der Waals surface area contributed by atoms with E-state index in [1.807, 2.05) is 6.92 Å². The molecular formula is C21H26N2O5S. The van der Waals surface area contributed by atoms with Crippen molar-refractivity contribution in [3.05, 3.63) is 58.7 Å². The number of carbonyl (C=O) groups excluding carboxylic acids is 2. The fourth-order valence-corrected chi connectivity index (χ4v) is 4.67. The summed E-state index contributed by atoms with van der Waals surface area (Å²) in [5.74, 6) is -1.22. The minimum atomic E-state index is -3.94. The number of sulfonamides is 1. The van der Waals surface area contributed by atoms with Gasteiger partial charge in [0.2, 0.25) is 0 Å². The second-order valence-corrected chi connectivity index (χ2v) is 8.44. The molecule has 1 amide bonds. The van der Waals surface area contributed by atoms with Crippen LogP contribution in [0.2, 0.25) is 0 Å². The lowest BCUT2D eigenvalue weighted by Gasteiger charge is -2.17. The van der Waals surface area contributed by atoms with Crippen LogP contribution in [0.25, 0.3) is 0 Å². The van der Waals surface area contributed by atoms with Crippen molar-refractivity contribution in [1.29, 1.82) is 0 Å². The van der Waals surface area contributed by atoms with Crippen molar-refractivity contribution in [3.63, 3.8) is 0 Å². The first kappa shape index (κ1) is 22.4. The van der Waals surface area contributed by atoms with E-state index in [1.165, 1.54) is 19.1 Å². The molecule has 0 aliphatic carbocycles. The molecule has 0 spiro atoms. The molecule has 7 nitrogen and oxygen atoms in total. The summed E-state index contributed by atoms with van der Waals surface area (Å²) in [5, 5.41) is 2.57. The van der Waals surface area contributed by atoms with Gasteiger partial charge in [-0.1, -0.05) is 29.8 Å². The zero-order chi connectivity index (χ0) is 21.8. The number of esters is 1. The molecule has 156 valence electrons. The first-order chi connectivity index (χ1) is 13.6. The van der Waals surface area contributed by atoms with E-state index in [2.05, 4.69) is 10.0 Å². The molecule has 0 radical (unpaired) electrons. The van der Waals surface area contributed by atoms with Gasteiger partial charge in [-0.25, -0.2) is 13.2 Å². The first-order valence-electron chi connectivity index (χ1n) is 9.25. The smallest absolute Gasteiger partial charge is 0.341 e. The van der Waals surface area contributed by atoms with Gasteiger partial charge in [0, 0.05) is 6.54 Å². The SMILES string of the molecule is CCNC(=O)C(C)OC(=O)c1ccccc1NS(=O)(=O)c1c(C)cc(C)cc1C. The molecule has 2 N–H and O–H groups in total. The summed E-state index contributed by atoms with van der Waals surface area (Å²) in [4.78, 5) is 24.5. The predicted octanol–water partition coefficient (Wildman–Crippen LogP) is 3.09. The average Bonchev–Trinajstić information content (AvgIpc) is 2.60. The van der Waals surface area contributed by atoms with E-state index in [-0.39, 0.29) is 16.1 Å². The quantitative estimate of drug-likeness (QED) is 0.673. The zero-order valence-corrected chi connectivity index (χ0v) is 18.0. The molecule has 0 heterocycles. The highest BCUT2D eigenvalue weighted by molar-refractivity contribution is 7.92. The number of rotatable bonds is 7. The maximum absolute atomic E-state index is 13.0. The van der Waals surface area contributed by atoms with Gasteiger partial charge in [0.05, 0.1) is 16.1 Å². The third kappa shape index (κ3) is 5.35. The van der Waals surface area contributed by atoms with Crippen LogP contribution in [0, 0.1) is 20.8 Å². The predicted molar refractivity (Wildman–Crippen MR) is 111 cm³/mol. The monoisotopic (exact) mass is 418 g/mol. The molecule has 0 aromatic heterocycles. The van der Waals surface area contributed by atoms with Crippen molar-refractivity contribution < 1.29 is 22.7 Å². The summed E-state index contributed by atoms with van der Waals surface area (Å²) >= 11 is 0. The zero-order valence-electron chi connectivity index (χ0n) is 17.2. The Labute approximate surface area is 171 Å². The first-order valence-corrected chi connectivity index (χ1v) is 10.7. The molecule has 2 rings (SSSR count). The van der Waals surface area contributed by atoms with Crippen molar-refractivity contribution in [2.45, 2.75) is 45.6 Å². The van der Waals surface area contributed by atoms with Gasteiger partial charge in [-0.15, -0.1) is 0 Å². The molecule has 8 heteroatoms. The fourth-order valence-electron chi connectivity index (χ4n) is 3.13. The Morgan fingerprint density at radius 2 is 1.66 bits per heavy atom. The molecular weight excluding hydrogens is 392 g/mol. The highest BCUT2D eigenvalue weighted by atomic mass is 32.2. The Morgan fingerprint density at radius 1 is 1.07 bits per heavy atom. The molecule has 0 saturated carbocycles. The Balaban J connectivity index is 2.34. The van der Waals surface area contributed by atoms with Crippen LogP contribution in [0.3, 0.4) is 0 Å². The van der Waals surface area contributed by atoms with E-state index < -0.39 is 28.0 Å². The number of carbonyl (C=O) groups is 2. The standard InChI is InChI=1S/C21H26N2O5S/c1-6-22-20(24)16(5)28-21(25)17-9-7-8-10-18(17)23-29(26,27)19-14(3)11-13(2)12-15(19)4/h7-12,16,23H,6H2,1-5H3,(H,22,24). The number of hydrogen-bond acceptors (Lipinski definition) is 5. The van der Waals surface area contributed by atoms with Crippen LogP contribution < -0.4 is 10.0 Å². The van der Waals surface area contributed by atoms with Gasteiger partial charge in [0.1, 0.15) is 0 Å². The van der Waals surface area contributed by atoms with Crippen molar-refractivity contribution >= 4 is 27.6 Å². The number of aryl methyl sites for hydroxylation is 3. The van der Waals surface area contributed by atoms with Crippen LogP contribution in [0.5, 0.6) is 0 Å². The Morgan fingerprint density at radius 3 is 2.24 bits per heavy atom. The second-order valence-electron chi connectivity index (χ2n) is 6.82. The summed E-state index contributed by atoms with van der Waals surface area (Å²) in [6, 6.07) is 9.69. The van der Waals surface area contributed by atoms with Crippen molar-refractivity contribution in [3.8, 4) is 0 Å². The van der Waals surface area contributed by atoms with E-state index in [1.54, 1.807) is 45.0 Å². The van der Waals surface area contributed by atoms with Crippen LogP contribution in [-0.2, 0) is 19.6 Å². The number of hydrogen-bond donors (Lipinski definition) is 2. The Hall–Kier alpha value is -2.87. The van der Waals surface area contributed by atoms with E-state index in [0.717, 1.165) is 5.56 Å². The number of anilines is 1. The Kier molecular flexibility index (Phi) is 7.02. The lowest BCUT2D eigenvalue weighted by atomic mass is 10.1. The summed E-state index contributed by atoms with van der Waals surface area (Å²) in [5.41, 5.74) is 2.29. The average molecular weight is 419 g/mol. The summed E-state index contributed by atoms with van der Waals surface area (Å²) in [6.45, 7) is 8.96. The van der Waals surface area contributed by atoms with E-state index in [9.17, 15) is 18.0 Å². The van der Waals surface area contributed by atoms with Crippen LogP contribution in [-0.4, -0.2) is 32.9 Å².